The predicted molar refractivity (Wildman–Crippen MR) is 109 cm³/mol. The van der Waals surface area contributed by atoms with Crippen molar-refractivity contribution < 1.29 is 14.0 Å². The van der Waals surface area contributed by atoms with Crippen molar-refractivity contribution >= 4 is 29.1 Å². The van der Waals surface area contributed by atoms with Crippen molar-refractivity contribution in [1.82, 2.24) is 26.2 Å². The zero-order valence-electron chi connectivity index (χ0n) is 16.4. The number of nitrogens with zero attached hydrogens (tertiary/aromatic N) is 1. The molecule has 3 heterocycles. The summed E-state index contributed by atoms with van der Waals surface area (Å²) < 4.78 is 5.29. The molecule has 28 heavy (non-hydrogen) atoms. The van der Waals surface area contributed by atoms with Gasteiger partial charge in [0.25, 0.3) is 0 Å². The topological polar surface area (TPSA) is 98.6 Å². The third-order valence-corrected chi connectivity index (χ3v) is 5.38. The van der Waals surface area contributed by atoms with Crippen molar-refractivity contribution in [2.75, 3.05) is 13.1 Å². The van der Waals surface area contributed by atoms with E-state index in [4.69, 9.17) is 16.6 Å². The second-order valence-electron chi connectivity index (χ2n) is 7.71. The van der Waals surface area contributed by atoms with Crippen LogP contribution in [0.4, 0.5) is 0 Å². The van der Waals surface area contributed by atoms with Crippen LogP contribution in [0.5, 0.6) is 0 Å². The minimum Gasteiger partial charge on any atom is -0.467 e. The third-order valence-electron chi connectivity index (χ3n) is 5.12. The van der Waals surface area contributed by atoms with Gasteiger partial charge in [-0.15, -0.1) is 0 Å². The molecule has 0 radical (unpaired) electrons. The van der Waals surface area contributed by atoms with Crippen molar-refractivity contribution in [2.24, 2.45) is 0 Å². The van der Waals surface area contributed by atoms with Crippen LogP contribution < -0.4 is 21.3 Å². The maximum Gasteiger partial charge on any atom is 0.237 e. The minimum absolute atomic E-state index is 0.0561. The van der Waals surface area contributed by atoms with Crippen LogP contribution >= 0.6 is 12.2 Å². The fraction of sp³-hybridized carbons (Fsp3) is 0.632. The maximum absolute atomic E-state index is 12.3. The molecule has 2 fully saturated rings. The Hall–Kier alpha value is -2.13. The summed E-state index contributed by atoms with van der Waals surface area (Å²) in [5.41, 5.74) is 0. The molecule has 3 rings (SSSR count). The fourth-order valence-electron chi connectivity index (χ4n) is 3.86. The molecule has 0 aromatic carbocycles. The van der Waals surface area contributed by atoms with Crippen LogP contribution in [-0.4, -0.2) is 59.1 Å². The number of hydrogen-bond donors (Lipinski definition) is 4. The molecule has 154 valence electrons. The van der Waals surface area contributed by atoms with Crippen LogP contribution in [0.1, 0.15) is 38.9 Å². The van der Waals surface area contributed by atoms with E-state index < -0.39 is 0 Å². The number of hydrogen-bond acceptors (Lipinski definition) is 5. The molecule has 3 atom stereocenters. The summed E-state index contributed by atoms with van der Waals surface area (Å²) in [6.07, 6.45) is 3.51. The van der Waals surface area contributed by atoms with Crippen LogP contribution in [0.2, 0.25) is 0 Å². The second kappa shape index (κ2) is 9.38. The van der Waals surface area contributed by atoms with E-state index in [1.54, 1.807) is 6.26 Å². The average molecular weight is 408 g/mol. The maximum atomic E-state index is 12.3. The highest BCUT2D eigenvalue weighted by molar-refractivity contribution is 7.80. The molecule has 2 aliphatic rings. The number of carbonyl (C=O) groups is 2. The standard InChI is InChI=1S/C19H29N5O3S/c1-12(2)22-17(25)6-5-14-9-20-18(26)16-8-13(11-24(14)16)23-19(28)21-10-15-4-3-7-27-15/h3-4,7,12-14,16H,5-6,8-11H2,1-2H3,(H,20,26)(H,22,25)(H2,21,23,28)/t13-,14+,16-/m0/s1. The number of piperazine rings is 1. The van der Waals surface area contributed by atoms with Crippen molar-refractivity contribution in [2.45, 2.75) is 63.8 Å². The van der Waals surface area contributed by atoms with Crippen molar-refractivity contribution in [3.8, 4) is 0 Å². The number of furan rings is 1. The molecule has 8 nitrogen and oxygen atoms in total. The molecule has 0 spiro atoms. The van der Waals surface area contributed by atoms with E-state index in [0.29, 0.717) is 31.0 Å². The number of rotatable bonds is 7. The SMILES string of the molecule is CC(C)NC(=O)CC[C@@H]1CNC(=O)[C@@H]2C[C@H](NC(=S)NCc3ccco3)CN12. The zero-order chi connectivity index (χ0) is 20.1. The van der Waals surface area contributed by atoms with Gasteiger partial charge in [0.05, 0.1) is 18.8 Å². The molecule has 1 aromatic rings. The summed E-state index contributed by atoms with van der Waals surface area (Å²) >= 11 is 5.38. The van der Waals surface area contributed by atoms with Crippen molar-refractivity contribution in [1.29, 1.82) is 0 Å². The van der Waals surface area contributed by atoms with Crippen molar-refractivity contribution in [3.05, 3.63) is 24.2 Å². The molecule has 0 saturated carbocycles. The van der Waals surface area contributed by atoms with Gasteiger partial charge in [-0.2, -0.15) is 0 Å². The normalized spacial score (nSPS) is 24.5. The Morgan fingerprint density at radius 2 is 2.29 bits per heavy atom. The van der Waals surface area contributed by atoms with E-state index in [1.165, 1.54) is 0 Å². The molecular weight excluding hydrogens is 378 g/mol. The largest absolute Gasteiger partial charge is 0.467 e. The first-order valence-corrected chi connectivity index (χ1v) is 10.2. The monoisotopic (exact) mass is 407 g/mol. The summed E-state index contributed by atoms with van der Waals surface area (Å²) in [5, 5.41) is 12.9. The van der Waals surface area contributed by atoms with Gasteiger partial charge < -0.3 is 25.7 Å². The highest BCUT2D eigenvalue weighted by atomic mass is 32.1. The van der Waals surface area contributed by atoms with E-state index in [1.807, 2.05) is 26.0 Å². The van der Waals surface area contributed by atoms with Crippen LogP contribution in [0.15, 0.2) is 22.8 Å². The molecule has 1 aromatic heterocycles. The fourth-order valence-corrected chi connectivity index (χ4v) is 4.10. The average Bonchev–Trinajstić information content (AvgIpc) is 3.29. The van der Waals surface area contributed by atoms with Gasteiger partial charge in [0, 0.05) is 37.6 Å². The summed E-state index contributed by atoms with van der Waals surface area (Å²) in [7, 11) is 0. The van der Waals surface area contributed by atoms with Gasteiger partial charge >= 0.3 is 0 Å². The molecule has 4 N–H and O–H groups in total. The molecule has 0 aliphatic carbocycles. The van der Waals surface area contributed by atoms with Crippen LogP contribution in [0.3, 0.4) is 0 Å². The summed E-state index contributed by atoms with van der Waals surface area (Å²) in [5.74, 6) is 0.925. The highest BCUT2D eigenvalue weighted by Gasteiger charge is 2.43. The van der Waals surface area contributed by atoms with Gasteiger partial charge in [-0.25, -0.2) is 0 Å². The van der Waals surface area contributed by atoms with Crippen LogP contribution in [0, 0.1) is 0 Å². The summed E-state index contributed by atoms with van der Waals surface area (Å²) in [6.45, 7) is 5.74. The molecule has 2 aliphatic heterocycles. The first-order valence-electron chi connectivity index (χ1n) is 9.82. The van der Waals surface area contributed by atoms with E-state index >= 15 is 0 Å². The lowest BCUT2D eigenvalue weighted by atomic mass is 10.0. The highest BCUT2D eigenvalue weighted by Crippen LogP contribution is 2.25. The van der Waals surface area contributed by atoms with Gasteiger partial charge in [0.15, 0.2) is 5.11 Å². The first kappa shape index (κ1) is 20.6. The van der Waals surface area contributed by atoms with E-state index in [-0.39, 0.29) is 36.0 Å². The lowest BCUT2D eigenvalue weighted by molar-refractivity contribution is -0.129. The van der Waals surface area contributed by atoms with Gasteiger partial charge in [0.1, 0.15) is 5.76 Å². The summed E-state index contributed by atoms with van der Waals surface area (Å²) in [6, 6.07) is 3.95. The molecule has 2 saturated heterocycles. The lowest BCUT2D eigenvalue weighted by Gasteiger charge is -2.37. The third kappa shape index (κ3) is 5.45. The molecular formula is C19H29N5O3S. The molecule has 2 amide bonds. The molecule has 9 heteroatoms. The molecule has 0 unspecified atom stereocenters. The predicted octanol–water partition coefficient (Wildman–Crippen LogP) is 0.490. The number of nitrogens with one attached hydrogen (secondary N) is 4. The van der Waals surface area contributed by atoms with Gasteiger partial charge in [-0.1, -0.05) is 0 Å². The Balaban J connectivity index is 1.49. The van der Waals surface area contributed by atoms with E-state index in [0.717, 1.165) is 18.7 Å². The van der Waals surface area contributed by atoms with Gasteiger partial charge in [-0.05, 0) is 51.0 Å². The number of amides is 2. The second-order valence-corrected chi connectivity index (χ2v) is 8.12. The van der Waals surface area contributed by atoms with Crippen molar-refractivity contribution in [3.63, 3.8) is 0 Å². The Morgan fingerprint density at radius 3 is 3.00 bits per heavy atom. The van der Waals surface area contributed by atoms with E-state index in [2.05, 4.69) is 26.2 Å². The Labute approximate surface area is 170 Å². The zero-order valence-corrected chi connectivity index (χ0v) is 17.2. The Kier molecular flexibility index (Phi) is 6.90. The van der Waals surface area contributed by atoms with Gasteiger partial charge in [-0.3, -0.25) is 14.5 Å². The quantitative estimate of drug-likeness (QED) is 0.488. The van der Waals surface area contributed by atoms with Gasteiger partial charge in [0.2, 0.25) is 11.8 Å². The van der Waals surface area contributed by atoms with E-state index in [9.17, 15) is 9.59 Å². The Morgan fingerprint density at radius 1 is 1.46 bits per heavy atom. The smallest absolute Gasteiger partial charge is 0.237 e. The number of carbonyl (C=O) groups excluding carboxylic acids is 2. The Bertz CT molecular complexity index is 694. The number of fused-ring (bicyclic) bond motifs is 1. The minimum atomic E-state index is -0.169. The van der Waals surface area contributed by atoms with Crippen LogP contribution in [0.25, 0.3) is 0 Å². The van der Waals surface area contributed by atoms with Crippen LogP contribution in [-0.2, 0) is 16.1 Å². The summed E-state index contributed by atoms with van der Waals surface area (Å²) in [4.78, 5) is 26.5. The first-order chi connectivity index (χ1) is 13.4. The lowest BCUT2D eigenvalue weighted by Crippen LogP contribution is -2.58. The molecule has 0 bridgehead atoms. The number of thiocarbonyl (C=S) groups is 1.